The Hall–Kier alpha value is 1.11. The molecule has 0 aliphatic carbocycles. The minimum atomic E-state index is -0.745. The first-order chi connectivity index (χ1) is 2.27. The van der Waals surface area contributed by atoms with Gasteiger partial charge >= 0.3 is 57.4 Å². The average molecular weight is 114 g/mol. The van der Waals surface area contributed by atoms with Crippen LogP contribution >= 0.6 is 0 Å². The summed E-state index contributed by atoms with van der Waals surface area (Å²) in [6.45, 7) is 1.60. The molecule has 0 spiro atoms. The second-order valence-corrected chi connectivity index (χ2v) is 0.747. The number of hydrogen-bond donors (Lipinski definition) is 1. The molecule has 6 heavy (non-hydrogen) atoms. The maximum Gasteiger partial charge on any atom is 1.00 e. The number of carboxylic acid groups (broad SMARTS) is 1. The Morgan fingerprint density at radius 2 is 2.17 bits per heavy atom. The van der Waals surface area contributed by atoms with Crippen LogP contribution in [0.4, 0.5) is 0 Å². The largest absolute Gasteiger partial charge is 1.00 e. The van der Waals surface area contributed by atoms with Gasteiger partial charge in [-0.2, -0.15) is 0 Å². The Bertz CT molecular complexity index is 48.2. The monoisotopic (exact) mass is 114 g/mol. The Kier molecular flexibility index (Phi) is 10.3. The van der Waals surface area contributed by atoms with Crippen molar-refractivity contribution in [1.82, 2.24) is 0 Å². The van der Waals surface area contributed by atoms with Crippen LogP contribution in [-0.4, -0.2) is 11.1 Å². The molecule has 0 aromatic carbocycles. The van der Waals surface area contributed by atoms with Crippen LogP contribution in [0.5, 0.6) is 0 Å². The third-order valence-corrected chi connectivity index (χ3v) is 0.302. The van der Waals surface area contributed by atoms with Gasteiger partial charge in [0, 0.05) is 6.42 Å². The quantitative estimate of drug-likeness (QED) is 0.386. The van der Waals surface area contributed by atoms with Crippen molar-refractivity contribution in [2.45, 2.75) is 13.3 Å². The zero-order chi connectivity index (χ0) is 4.28. The number of hydrogen-bond acceptors (Lipinski definition) is 1. The Morgan fingerprint density at radius 1 is 2.00 bits per heavy atom. The van der Waals surface area contributed by atoms with Gasteiger partial charge < -0.3 is 6.53 Å². The van der Waals surface area contributed by atoms with E-state index in [1.807, 2.05) is 0 Å². The van der Waals surface area contributed by atoms with E-state index in [0.717, 1.165) is 0 Å². The first kappa shape index (κ1) is 10.2. The van der Waals surface area contributed by atoms with Crippen LogP contribution in [0.25, 0.3) is 0 Å². The number of rotatable bonds is 1. The molecule has 0 aromatic rings. The van der Waals surface area contributed by atoms with Crippen molar-refractivity contribution in [3.63, 3.8) is 0 Å². The summed E-state index contributed by atoms with van der Waals surface area (Å²) >= 11 is 0. The molecule has 0 aromatic heterocycles. The molecule has 0 aliphatic heterocycles. The fourth-order valence-electron chi connectivity index (χ4n) is 0. The van der Waals surface area contributed by atoms with E-state index < -0.39 is 5.97 Å². The molecule has 0 heterocycles. The summed E-state index contributed by atoms with van der Waals surface area (Å²) in [6, 6.07) is 0. The smallest absolute Gasteiger partial charge is 1.00 e. The van der Waals surface area contributed by atoms with Crippen LogP contribution < -0.4 is 51.4 Å². The first-order valence-corrected chi connectivity index (χ1v) is 1.49. The minimum absolute atomic E-state index is 0. The third-order valence-electron chi connectivity index (χ3n) is 0.302. The first-order valence-electron chi connectivity index (χ1n) is 1.49. The summed E-state index contributed by atoms with van der Waals surface area (Å²) in [5.41, 5.74) is 0. The van der Waals surface area contributed by atoms with Gasteiger partial charge in [-0.15, -0.1) is 0 Å². The molecule has 0 aliphatic rings. The van der Waals surface area contributed by atoms with Crippen LogP contribution in [0.1, 0.15) is 14.8 Å². The van der Waals surface area contributed by atoms with Crippen molar-refractivity contribution in [3.05, 3.63) is 0 Å². The standard InChI is InChI=1S/C3H6O2.K.H/c1-2-3(4)5;;/h2H2,1H3,(H,4,5);;/q;+1;-1. The van der Waals surface area contributed by atoms with E-state index in [9.17, 15) is 4.79 Å². The van der Waals surface area contributed by atoms with E-state index in [2.05, 4.69) is 0 Å². The molecule has 0 radical (unpaired) electrons. The topological polar surface area (TPSA) is 37.3 Å². The van der Waals surface area contributed by atoms with Gasteiger partial charge in [-0.1, -0.05) is 6.92 Å². The van der Waals surface area contributed by atoms with Gasteiger partial charge in [0.25, 0.3) is 0 Å². The zero-order valence-electron chi connectivity index (χ0n) is 5.06. The molecule has 3 heteroatoms. The summed E-state index contributed by atoms with van der Waals surface area (Å²) in [6.07, 6.45) is 0.222. The number of carbonyl (C=O) groups is 1. The Balaban J connectivity index is -0.0000000800. The molecular formula is C3H7KO2. The second kappa shape index (κ2) is 6.11. The van der Waals surface area contributed by atoms with E-state index in [0.29, 0.717) is 0 Å². The average Bonchev–Trinajstić information content (AvgIpc) is 1.38. The van der Waals surface area contributed by atoms with Crippen LogP contribution in [0.3, 0.4) is 0 Å². The summed E-state index contributed by atoms with van der Waals surface area (Å²) < 4.78 is 0. The predicted octanol–water partition coefficient (Wildman–Crippen LogP) is -2.40. The van der Waals surface area contributed by atoms with Crippen molar-refractivity contribution in [2.75, 3.05) is 0 Å². The van der Waals surface area contributed by atoms with Gasteiger partial charge in [0.2, 0.25) is 0 Å². The Morgan fingerprint density at radius 3 is 2.17 bits per heavy atom. The summed E-state index contributed by atoms with van der Waals surface area (Å²) in [7, 11) is 0. The summed E-state index contributed by atoms with van der Waals surface area (Å²) in [5, 5.41) is 7.72. The SMILES string of the molecule is CCC(=O)O.[H-].[K+]. The third kappa shape index (κ3) is 8.92. The van der Waals surface area contributed by atoms with Gasteiger partial charge in [0.05, 0.1) is 0 Å². The second-order valence-electron chi connectivity index (χ2n) is 0.747. The normalized spacial score (nSPS) is 6.17. The van der Waals surface area contributed by atoms with Gasteiger partial charge in [0.1, 0.15) is 0 Å². The molecule has 0 fully saturated rings. The van der Waals surface area contributed by atoms with Crippen LogP contribution in [0, 0.1) is 0 Å². The summed E-state index contributed by atoms with van der Waals surface area (Å²) in [5.74, 6) is -0.745. The van der Waals surface area contributed by atoms with Crippen LogP contribution in [0.2, 0.25) is 0 Å². The van der Waals surface area contributed by atoms with E-state index >= 15 is 0 Å². The van der Waals surface area contributed by atoms with E-state index in [4.69, 9.17) is 5.11 Å². The van der Waals surface area contributed by atoms with Gasteiger partial charge in [-0.3, -0.25) is 4.79 Å². The van der Waals surface area contributed by atoms with Gasteiger partial charge in [0.15, 0.2) is 0 Å². The molecule has 0 saturated carbocycles. The molecule has 0 amide bonds. The maximum absolute atomic E-state index is 9.37. The van der Waals surface area contributed by atoms with Crippen molar-refractivity contribution in [1.29, 1.82) is 0 Å². The molecule has 0 bridgehead atoms. The van der Waals surface area contributed by atoms with E-state index in [1.54, 1.807) is 6.92 Å². The Labute approximate surface area is 80.8 Å². The molecule has 2 nitrogen and oxygen atoms in total. The van der Waals surface area contributed by atoms with E-state index in [-0.39, 0.29) is 59.2 Å². The fourth-order valence-corrected chi connectivity index (χ4v) is 0. The predicted molar refractivity (Wildman–Crippen MR) is 19.0 cm³/mol. The molecule has 1 N–H and O–H groups in total. The van der Waals surface area contributed by atoms with E-state index in [1.165, 1.54) is 0 Å². The van der Waals surface area contributed by atoms with Gasteiger partial charge in [-0.25, -0.2) is 0 Å². The van der Waals surface area contributed by atoms with Crippen molar-refractivity contribution in [3.8, 4) is 0 Å². The summed E-state index contributed by atoms with van der Waals surface area (Å²) in [4.78, 5) is 9.37. The molecule has 0 rings (SSSR count). The van der Waals surface area contributed by atoms with Crippen LogP contribution in [0.15, 0.2) is 0 Å². The number of aliphatic carboxylic acids is 1. The zero-order valence-corrected chi connectivity index (χ0v) is 7.19. The molecule has 32 valence electrons. The van der Waals surface area contributed by atoms with Crippen molar-refractivity contribution in [2.24, 2.45) is 0 Å². The molecule has 0 unspecified atom stereocenters. The molecular weight excluding hydrogens is 107 g/mol. The van der Waals surface area contributed by atoms with Crippen molar-refractivity contribution >= 4 is 5.97 Å². The van der Waals surface area contributed by atoms with Crippen molar-refractivity contribution < 1.29 is 62.7 Å². The number of carboxylic acids is 1. The molecule has 0 atom stereocenters. The molecule has 0 saturated heterocycles. The fraction of sp³-hybridized carbons (Fsp3) is 0.667. The van der Waals surface area contributed by atoms with Crippen LogP contribution in [-0.2, 0) is 4.79 Å². The maximum atomic E-state index is 9.37. The minimum Gasteiger partial charge on any atom is -1.00 e. The van der Waals surface area contributed by atoms with Gasteiger partial charge in [-0.05, 0) is 0 Å².